The lowest BCUT2D eigenvalue weighted by molar-refractivity contribution is -0.125. The topological polar surface area (TPSA) is 87.3 Å². The predicted octanol–water partition coefficient (Wildman–Crippen LogP) is -0.806. The van der Waals surface area contributed by atoms with Crippen LogP contribution in [0.3, 0.4) is 0 Å². The molecule has 0 radical (unpaired) electrons. The minimum absolute atomic E-state index is 0.171. The summed E-state index contributed by atoms with van der Waals surface area (Å²) in [6, 6.07) is -0.760. The van der Waals surface area contributed by atoms with Crippen LogP contribution in [0.1, 0.15) is 26.2 Å². The summed E-state index contributed by atoms with van der Waals surface area (Å²) in [5.41, 5.74) is 0. The van der Waals surface area contributed by atoms with Crippen LogP contribution in [0.15, 0.2) is 0 Å². The maximum absolute atomic E-state index is 11.7. The van der Waals surface area contributed by atoms with Gasteiger partial charge in [0.05, 0.1) is 12.1 Å². The second-order valence-corrected chi connectivity index (χ2v) is 3.84. The van der Waals surface area contributed by atoms with Crippen LogP contribution in [0.4, 0.5) is 0 Å². The third-order valence-electron chi connectivity index (χ3n) is 2.39. The van der Waals surface area contributed by atoms with E-state index in [1.165, 1.54) is 0 Å². The molecule has 2 amide bonds. The highest BCUT2D eigenvalue weighted by atomic mass is 16.2. The molecule has 0 heterocycles. The third kappa shape index (κ3) is 7.46. The first-order chi connectivity index (χ1) is 8.15. The van der Waals surface area contributed by atoms with E-state index in [4.69, 9.17) is 0 Å². The van der Waals surface area contributed by atoms with E-state index in [0.717, 1.165) is 12.8 Å². The summed E-state index contributed by atoms with van der Waals surface area (Å²) >= 11 is 0. The van der Waals surface area contributed by atoms with Gasteiger partial charge in [0.15, 0.2) is 0 Å². The fourth-order valence-electron chi connectivity index (χ4n) is 1.40. The Labute approximate surface area is 102 Å². The van der Waals surface area contributed by atoms with Gasteiger partial charge < -0.3 is 20.7 Å². The summed E-state index contributed by atoms with van der Waals surface area (Å²) in [5.74, 6) is -0.171. The molecule has 0 saturated heterocycles. The molecule has 0 saturated carbocycles. The molecule has 0 fully saturated rings. The molecule has 98 valence electrons. The average Bonchev–Trinajstić information content (AvgIpc) is 2.33. The number of carbonyl (C=O) groups excluding carboxylic acids is 3. The van der Waals surface area contributed by atoms with Gasteiger partial charge in [0.25, 0.3) is 0 Å². The van der Waals surface area contributed by atoms with Gasteiger partial charge in [-0.2, -0.15) is 0 Å². The molecular formula is C11H21N3O3. The van der Waals surface area contributed by atoms with Crippen molar-refractivity contribution >= 4 is 18.6 Å². The van der Waals surface area contributed by atoms with E-state index in [0.29, 0.717) is 25.7 Å². The lowest BCUT2D eigenvalue weighted by Crippen LogP contribution is -2.46. The molecule has 3 N–H and O–H groups in total. The number of rotatable bonds is 10. The maximum atomic E-state index is 11.7. The number of carbonyl (C=O) groups is 3. The van der Waals surface area contributed by atoms with Gasteiger partial charge in [0.2, 0.25) is 12.3 Å². The first kappa shape index (κ1) is 15.6. The van der Waals surface area contributed by atoms with Crippen LogP contribution in [-0.2, 0) is 14.4 Å². The van der Waals surface area contributed by atoms with Gasteiger partial charge in [-0.05, 0) is 33.2 Å². The normalized spacial score (nSPS) is 13.5. The molecule has 2 atom stereocenters. The average molecular weight is 243 g/mol. The molecule has 0 spiro atoms. The summed E-state index contributed by atoms with van der Waals surface area (Å²) in [6.07, 6.45) is 3.68. The van der Waals surface area contributed by atoms with Gasteiger partial charge in [-0.15, -0.1) is 0 Å². The molecule has 0 aromatic heterocycles. The van der Waals surface area contributed by atoms with Crippen molar-refractivity contribution < 1.29 is 14.4 Å². The minimum Gasteiger partial charge on any atom is -0.359 e. The number of likely N-dealkylation sites (N-methyl/N-ethyl adjacent to an activating group) is 1. The molecule has 0 rings (SSSR count). The lowest BCUT2D eigenvalue weighted by atomic mass is 10.1. The Balaban J connectivity index is 3.84. The van der Waals surface area contributed by atoms with Crippen LogP contribution in [0.2, 0.25) is 0 Å². The van der Waals surface area contributed by atoms with Gasteiger partial charge in [-0.3, -0.25) is 9.59 Å². The van der Waals surface area contributed by atoms with Crippen LogP contribution in [0, 0.1) is 0 Å². The molecule has 0 aliphatic carbocycles. The molecule has 0 bridgehead atoms. The first-order valence-corrected chi connectivity index (χ1v) is 5.75. The number of unbranched alkanes of at least 4 members (excludes halogenated alkanes) is 1. The SMILES string of the molecule is CNC(CCCCNC=O)C(=O)NC(C)C=O. The summed E-state index contributed by atoms with van der Waals surface area (Å²) in [5, 5.41) is 8.06. The summed E-state index contributed by atoms with van der Waals surface area (Å²) in [7, 11) is 1.71. The molecule has 2 unspecified atom stereocenters. The Morgan fingerprint density at radius 1 is 1.29 bits per heavy atom. The quantitative estimate of drug-likeness (QED) is 0.346. The Bertz CT molecular complexity index is 246. The zero-order valence-electron chi connectivity index (χ0n) is 10.4. The second-order valence-electron chi connectivity index (χ2n) is 3.84. The van der Waals surface area contributed by atoms with Crippen LogP contribution in [0.5, 0.6) is 0 Å². The smallest absolute Gasteiger partial charge is 0.237 e. The van der Waals surface area contributed by atoms with Crippen molar-refractivity contribution in [2.45, 2.75) is 38.3 Å². The standard InChI is InChI=1S/C11H21N3O3/c1-9(7-15)14-11(17)10(12-2)5-3-4-6-13-8-16/h7-10,12H,3-6H2,1-2H3,(H,13,16)(H,14,17). The van der Waals surface area contributed by atoms with Crippen molar-refractivity contribution in [3.63, 3.8) is 0 Å². The Morgan fingerprint density at radius 3 is 2.53 bits per heavy atom. The highest BCUT2D eigenvalue weighted by Crippen LogP contribution is 2.00. The molecule has 17 heavy (non-hydrogen) atoms. The van der Waals surface area contributed by atoms with Gasteiger partial charge in [0.1, 0.15) is 6.29 Å². The number of hydrogen-bond acceptors (Lipinski definition) is 4. The van der Waals surface area contributed by atoms with Gasteiger partial charge >= 0.3 is 0 Å². The highest BCUT2D eigenvalue weighted by Gasteiger charge is 2.17. The number of aldehydes is 1. The largest absolute Gasteiger partial charge is 0.359 e. The lowest BCUT2D eigenvalue weighted by Gasteiger charge is -2.17. The molecule has 0 aromatic rings. The molecule has 6 nitrogen and oxygen atoms in total. The monoisotopic (exact) mass is 243 g/mol. The highest BCUT2D eigenvalue weighted by molar-refractivity contribution is 5.84. The fraction of sp³-hybridized carbons (Fsp3) is 0.727. The minimum atomic E-state index is -0.463. The van der Waals surface area contributed by atoms with E-state index >= 15 is 0 Å². The Kier molecular flexibility index (Phi) is 8.95. The number of nitrogens with one attached hydrogen (secondary N) is 3. The Morgan fingerprint density at radius 2 is 2.00 bits per heavy atom. The predicted molar refractivity (Wildman–Crippen MR) is 64.4 cm³/mol. The van der Waals surface area contributed by atoms with Crippen molar-refractivity contribution in [2.24, 2.45) is 0 Å². The Hall–Kier alpha value is -1.43. The van der Waals surface area contributed by atoms with Gasteiger partial charge in [-0.25, -0.2) is 0 Å². The van der Waals surface area contributed by atoms with Crippen molar-refractivity contribution in [1.82, 2.24) is 16.0 Å². The summed E-state index contributed by atoms with van der Waals surface area (Å²) < 4.78 is 0. The molecular weight excluding hydrogens is 222 g/mol. The van der Waals surface area contributed by atoms with E-state index in [-0.39, 0.29) is 11.9 Å². The zero-order valence-corrected chi connectivity index (χ0v) is 10.4. The molecule has 0 aliphatic rings. The third-order valence-corrected chi connectivity index (χ3v) is 2.39. The van der Waals surface area contributed by atoms with Crippen molar-refractivity contribution in [1.29, 1.82) is 0 Å². The van der Waals surface area contributed by atoms with Crippen molar-refractivity contribution in [3.8, 4) is 0 Å². The van der Waals surface area contributed by atoms with Crippen molar-refractivity contribution in [3.05, 3.63) is 0 Å². The van der Waals surface area contributed by atoms with Crippen LogP contribution in [-0.4, -0.2) is 44.3 Å². The summed E-state index contributed by atoms with van der Waals surface area (Å²) in [4.78, 5) is 32.1. The van der Waals surface area contributed by atoms with Gasteiger partial charge in [-0.1, -0.05) is 0 Å². The van der Waals surface area contributed by atoms with Crippen LogP contribution < -0.4 is 16.0 Å². The summed E-state index contributed by atoms with van der Waals surface area (Å²) in [6.45, 7) is 2.25. The zero-order chi connectivity index (χ0) is 13.1. The molecule has 0 aromatic carbocycles. The fourth-order valence-corrected chi connectivity index (χ4v) is 1.40. The first-order valence-electron chi connectivity index (χ1n) is 5.75. The number of amides is 2. The second kappa shape index (κ2) is 9.77. The molecule has 6 heteroatoms. The molecule has 0 aliphatic heterocycles. The number of hydrogen-bond donors (Lipinski definition) is 3. The van der Waals surface area contributed by atoms with E-state index in [1.807, 2.05) is 0 Å². The van der Waals surface area contributed by atoms with E-state index < -0.39 is 6.04 Å². The van der Waals surface area contributed by atoms with E-state index in [2.05, 4.69) is 16.0 Å². The maximum Gasteiger partial charge on any atom is 0.237 e. The van der Waals surface area contributed by atoms with E-state index in [1.54, 1.807) is 14.0 Å². The van der Waals surface area contributed by atoms with Crippen LogP contribution in [0.25, 0.3) is 0 Å². The van der Waals surface area contributed by atoms with Crippen molar-refractivity contribution in [2.75, 3.05) is 13.6 Å². The van der Waals surface area contributed by atoms with E-state index in [9.17, 15) is 14.4 Å². The van der Waals surface area contributed by atoms with Gasteiger partial charge in [0, 0.05) is 6.54 Å². The van der Waals surface area contributed by atoms with Crippen LogP contribution >= 0.6 is 0 Å².